The number of fused-ring (bicyclic) bond motifs is 1. The Labute approximate surface area is 213 Å². The topological polar surface area (TPSA) is 67.9 Å². The number of carbonyl (C=O) groups is 2. The third-order valence-electron chi connectivity index (χ3n) is 6.37. The van der Waals surface area contributed by atoms with Crippen molar-refractivity contribution in [2.75, 3.05) is 6.79 Å². The van der Waals surface area contributed by atoms with E-state index in [0.29, 0.717) is 25.1 Å². The summed E-state index contributed by atoms with van der Waals surface area (Å²) in [6.07, 6.45) is 1.27. The second-order valence-corrected chi connectivity index (χ2v) is 9.50. The van der Waals surface area contributed by atoms with Crippen LogP contribution in [0.25, 0.3) is 0 Å². The lowest BCUT2D eigenvalue weighted by atomic mass is 10.00. The summed E-state index contributed by atoms with van der Waals surface area (Å²) in [7, 11) is 0. The molecule has 1 aliphatic heterocycles. The summed E-state index contributed by atoms with van der Waals surface area (Å²) in [4.78, 5) is 29.0. The van der Waals surface area contributed by atoms with E-state index in [4.69, 9.17) is 9.47 Å². The van der Waals surface area contributed by atoms with E-state index in [9.17, 15) is 9.59 Å². The van der Waals surface area contributed by atoms with Crippen molar-refractivity contribution in [3.05, 3.63) is 95.1 Å². The fourth-order valence-electron chi connectivity index (χ4n) is 4.40. The quantitative estimate of drug-likeness (QED) is 0.446. The number of nitrogens with zero attached hydrogens (tertiary/aromatic N) is 1. The number of hydrogen-bond acceptors (Lipinski definition) is 4. The second-order valence-electron chi connectivity index (χ2n) is 9.50. The minimum atomic E-state index is -0.626. The summed E-state index contributed by atoms with van der Waals surface area (Å²) >= 11 is 0. The van der Waals surface area contributed by atoms with Crippen molar-refractivity contribution >= 4 is 11.8 Å². The molecule has 1 heterocycles. The molecule has 1 N–H and O–H groups in total. The van der Waals surface area contributed by atoms with Gasteiger partial charge >= 0.3 is 0 Å². The van der Waals surface area contributed by atoms with Gasteiger partial charge in [0.2, 0.25) is 18.6 Å². The van der Waals surface area contributed by atoms with Crippen LogP contribution in [-0.2, 0) is 29.0 Å². The minimum Gasteiger partial charge on any atom is -0.454 e. The highest BCUT2D eigenvalue weighted by Gasteiger charge is 2.31. The largest absolute Gasteiger partial charge is 0.454 e. The fraction of sp³-hybridized carbons (Fsp3) is 0.333. The number of amides is 2. The predicted octanol–water partition coefficient (Wildman–Crippen LogP) is 4.82. The second kappa shape index (κ2) is 11.8. The SMILES string of the molecule is Cc1ccccc1CN(C(=O)CCc1ccc2c(c1)OCO2)[C@H](Cc1ccccc1)C(=O)NC(C)C. The maximum atomic E-state index is 13.8. The normalized spacial score (nSPS) is 12.9. The third kappa shape index (κ3) is 6.45. The Morgan fingerprint density at radius 2 is 1.64 bits per heavy atom. The summed E-state index contributed by atoms with van der Waals surface area (Å²) in [6, 6.07) is 23.0. The molecule has 4 rings (SSSR count). The minimum absolute atomic E-state index is 0.0279. The van der Waals surface area contributed by atoms with Crippen LogP contribution in [0.1, 0.15) is 42.5 Å². The number of rotatable bonds is 10. The van der Waals surface area contributed by atoms with Gasteiger partial charge in [-0.2, -0.15) is 0 Å². The molecule has 0 saturated heterocycles. The maximum Gasteiger partial charge on any atom is 0.243 e. The number of aryl methyl sites for hydroxylation is 2. The molecule has 6 nitrogen and oxygen atoms in total. The van der Waals surface area contributed by atoms with E-state index in [2.05, 4.69) is 5.32 Å². The van der Waals surface area contributed by atoms with E-state index in [-0.39, 0.29) is 31.1 Å². The predicted molar refractivity (Wildman–Crippen MR) is 140 cm³/mol. The molecule has 0 aromatic heterocycles. The zero-order valence-corrected chi connectivity index (χ0v) is 21.2. The molecule has 0 unspecified atom stereocenters. The number of hydrogen-bond donors (Lipinski definition) is 1. The molecule has 2 amide bonds. The molecule has 188 valence electrons. The van der Waals surface area contributed by atoms with E-state index >= 15 is 0 Å². The van der Waals surface area contributed by atoms with Crippen LogP contribution < -0.4 is 14.8 Å². The van der Waals surface area contributed by atoms with Gasteiger partial charge in [-0.1, -0.05) is 60.7 Å². The summed E-state index contributed by atoms with van der Waals surface area (Å²) in [5.74, 6) is 1.23. The number of ether oxygens (including phenoxy) is 2. The Morgan fingerprint density at radius 1 is 0.917 bits per heavy atom. The standard InChI is InChI=1S/C30H34N2O4/c1-21(2)31-30(34)26(17-23-10-5-4-6-11-23)32(19-25-12-8-7-9-22(25)3)29(33)16-14-24-13-15-27-28(18-24)36-20-35-27/h4-13,15,18,21,26H,14,16-17,19-20H2,1-3H3,(H,31,34)/t26-/m1/s1. The number of carbonyl (C=O) groups excluding carboxylic acids is 2. The molecular weight excluding hydrogens is 452 g/mol. The van der Waals surface area contributed by atoms with Crippen molar-refractivity contribution < 1.29 is 19.1 Å². The van der Waals surface area contributed by atoms with Crippen LogP contribution >= 0.6 is 0 Å². The van der Waals surface area contributed by atoms with Crippen molar-refractivity contribution in [3.63, 3.8) is 0 Å². The van der Waals surface area contributed by atoms with Crippen LogP contribution in [0.2, 0.25) is 0 Å². The first-order chi connectivity index (χ1) is 17.4. The molecule has 1 aliphatic rings. The number of benzene rings is 3. The maximum absolute atomic E-state index is 13.8. The molecule has 0 fully saturated rings. The van der Waals surface area contributed by atoms with Gasteiger partial charge in [-0.15, -0.1) is 0 Å². The molecule has 1 atom stereocenters. The van der Waals surface area contributed by atoms with Gasteiger partial charge in [0.15, 0.2) is 11.5 Å². The first-order valence-electron chi connectivity index (χ1n) is 12.5. The van der Waals surface area contributed by atoms with Crippen molar-refractivity contribution in [1.82, 2.24) is 10.2 Å². The molecule has 3 aromatic rings. The van der Waals surface area contributed by atoms with Gasteiger partial charge < -0.3 is 19.7 Å². The highest BCUT2D eigenvalue weighted by atomic mass is 16.7. The van der Waals surface area contributed by atoms with Crippen LogP contribution in [-0.4, -0.2) is 35.6 Å². The zero-order chi connectivity index (χ0) is 25.5. The fourth-order valence-corrected chi connectivity index (χ4v) is 4.40. The Bertz CT molecular complexity index is 1190. The van der Waals surface area contributed by atoms with E-state index in [1.807, 2.05) is 93.6 Å². The Morgan fingerprint density at radius 3 is 2.39 bits per heavy atom. The average molecular weight is 487 g/mol. The molecule has 0 spiro atoms. The average Bonchev–Trinajstić information content (AvgIpc) is 3.34. The van der Waals surface area contributed by atoms with Crippen LogP contribution in [0.15, 0.2) is 72.8 Å². The Kier molecular flexibility index (Phi) is 8.26. The van der Waals surface area contributed by atoms with Gasteiger partial charge in [-0.25, -0.2) is 0 Å². The zero-order valence-electron chi connectivity index (χ0n) is 21.2. The lowest BCUT2D eigenvalue weighted by Crippen LogP contribution is -2.51. The molecule has 0 saturated carbocycles. The van der Waals surface area contributed by atoms with Gasteiger partial charge in [0.05, 0.1) is 0 Å². The summed E-state index contributed by atoms with van der Waals surface area (Å²) in [6.45, 7) is 6.49. The van der Waals surface area contributed by atoms with Gasteiger partial charge in [-0.3, -0.25) is 9.59 Å². The molecule has 0 aliphatic carbocycles. The van der Waals surface area contributed by atoms with E-state index in [1.54, 1.807) is 4.90 Å². The Hall–Kier alpha value is -3.80. The Balaban J connectivity index is 1.60. The molecule has 3 aromatic carbocycles. The van der Waals surface area contributed by atoms with Gasteiger partial charge in [0, 0.05) is 25.4 Å². The van der Waals surface area contributed by atoms with Crippen molar-refractivity contribution in [3.8, 4) is 11.5 Å². The van der Waals surface area contributed by atoms with Crippen molar-refractivity contribution in [2.24, 2.45) is 0 Å². The highest BCUT2D eigenvalue weighted by molar-refractivity contribution is 5.88. The van der Waals surface area contributed by atoms with Crippen molar-refractivity contribution in [2.45, 2.75) is 58.7 Å². The summed E-state index contributed by atoms with van der Waals surface area (Å²) in [5.41, 5.74) is 4.13. The lowest BCUT2D eigenvalue weighted by molar-refractivity contribution is -0.141. The molecule has 36 heavy (non-hydrogen) atoms. The van der Waals surface area contributed by atoms with Crippen LogP contribution in [0.3, 0.4) is 0 Å². The van der Waals surface area contributed by atoms with E-state index < -0.39 is 6.04 Å². The molecule has 6 heteroatoms. The number of nitrogens with one attached hydrogen (secondary N) is 1. The van der Waals surface area contributed by atoms with Crippen LogP contribution in [0.5, 0.6) is 11.5 Å². The van der Waals surface area contributed by atoms with Gasteiger partial charge in [-0.05, 0) is 61.6 Å². The molecular formula is C30H34N2O4. The molecule has 0 radical (unpaired) electrons. The third-order valence-corrected chi connectivity index (χ3v) is 6.37. The highest BCUT2D eigenvalue weighted by Crippen LogP contribution is 2.33. The van der Waals surface area contributed by atoms with Gasteiger partial charge in [0.1, 0.15) is 6.04 Å². The summed E-state index contributed by atoms with van der Waals surface area (Å²) < 4.78 is 10.9. The first kappa shape index (κ1) is 25.3. The first-order valence-corrected chi connectivity index (χ1v) is 12.5. The van der Waals surface area contributed by atoms with E-state index in [1.165, 1.54) is 0 Å². The smallest absolute Gasteiger partial charge is 0.243 e. The monoisotopic (exact) mass is 486 g/mol. The van der Waals surface area contributed by atoms with E-state index in [0.717, 1.165) is 28.0 Å². The summed E-state index contributed by atoms with van der Waals surface area (Å²) in [5, 5.41) is 3.04. The van der Waals surface area contributed by atoms with Crippen molar-refractivity contribution in [1.29, 1.82) is 0 Å². The molecule has 0 bridgehead atoms. The van der Waals surface area contributed by atoms with Crippen LogP contribution in [0.4, 0.5) is 0 Å². The lowest BCUT2D eigenvalue weighted by Gasteiger charge is -2.32. The van der Waals surface area contributed by atoms with Gasteiger partial charge in [0.25, 0.3) is 0 Å². The van der Waals surface area contributed by atoms with Crippen LogP contribution in [0, 0.1) is 6.92 Å².